The van der Waals surface area contributed by atoms with Gasteiger partial charge >= 0.3 is 5.97 Å². The summed E-state index contributed by atoms with van der Waals surface area (Å²) in [6.45, 7) is 9.37. The number of hydrogen-bond donors (Lipinski definition) is 2. The third-order valence-corrected chi connectivity index (χ3v) is 5.76. The van der Waals surface area contributed by atoms with Crippen LogP contribution in [-0.2, 0) is 19.6 Å². The summed E-state index contributed by atoms with van der Waals surface area (Å²) in [7, 11) is 0. The number of para-hydroxylation sites is 1. The number of carboxylic acids is 1. The lowest BCUT2D eigenvalue weighted by molar-refractivity contribution is 0.0684. The van der Waals surface area contributed by atoms with Crippen molar-refractivity contribution in [1.82, 2.24) is 9.88 Å². The monoisotopic (exact) mass is 454 g/mol. The number of hydrogen-bond acceptors (Lipinski definition) is 3. The van der Waals surface area contributed by atoms with Crippen molar-refractivity contribution in [3.8, 4) is 5.75 Å². The molecule has 0 saturated heterocycles. The standard InChI is InChI=1S/C29H30N2O3/c1-4-21-9-11-23(12-10-21)19-31-27-8-6-5-7-25(27)26(28(31)29(32)33)18-30-17-22-13-15-24(16-14-22)34-20(2)3/h4-16,20,30H,1,17-19H2,2-3H3,(H,32,33). The highest BCUT2D eigenvalue weighted by Gasteiger charge is 2.22. The molecule has 0 aliphatic heterocycles. The summed E-state index contributed by atoms with van der Waals surface area (Å²) in [6.07, 6.45) is 1.93. The number of nitrogens with one attached hydrogen (secondary N) is 1. The van der Waals surface area contributed by atoms with E-state index in [2.05, 4.69) is 11.9 Å². The van der Waals surface area contributed by atoms with E-state index < -0.39 is 5.97 Å². The molecule has 5 heteroatoms. The van der Waals surface area contributed by atoms with E-state index in [1.165, 1.54) is 0 Å². The van der Waals surface area contributed by atoms with E-state index in [0.29, 0.717) is 25.3 Å². The molecule has 3 aromatic carbocycles. The molecule has 34 heavy (non-hydrogen) atoms. The van der Waals surface area contributed by atoms with Crippen LogP contribution >= 0.6 is 0 Å². The number of carbonyl (C=O) groups is 1. The van der Waals surface area contributed by atoms with Crippen LogP contribution in [0.3, 0.4) is 0 Å². The first-order valence-corrected chi connectivity index (χ1v) is 11.5. The summed E-state index contributed by atoms with van der Waals surface area (Å²) in [6, 6.07) is 23.9. The molecule has 0 radical (unpaired) electrons. The lowest BCUT2D eigenvalue weighted by Crippen LogP contribution is -2.17. The van der Waals surface area contributed by atoms with Crippen LogP contribution in [0.25, 0.3) is 17.0 Å². The summed E-state index contributed by atoms with van der Waals surface area (Å²) in [5, 5.41) is 14.5. The molecule has 1 heterocycles. The number of aromatic carboxylic acids is 1. The molecule has 5 nitrogen and oxygen atoms in total. The third-order valence-electron chi connectivity index (χ3n) is 5.76. The summed E-state index contributed by atoms with van der Waals surface area (Å²) in [4.78, 5) is 12.4. The van der Waals surface area contributed by atoms with E-state index in [-0.39, 0.29) is 6.10 Å². The van der Waals surface area contributed by atoms with E-state index in [1.807, 2.05) is 91.2 Å². The van der Waals surface area contributed by atoms with Gasteiger partial charge in [-0.15, -0.1) is 0 Å². The Morgan fingerprint density at radius 3 is 2.32 bits per heavy atom. The zero-order valence-electron chi connectivity index (χ0n) is 19.6. The lowest BCUT2D eigenvalue weighted by Gasteiger charge is -2.11. The first kappa shape index (κ1) is 23.3. The Labute approximate surface area is 200 Å². The first-order valence-electron chi connectivity index (χ1n) is 11.5. The van der Waals surface area contributed by atoms with Crippen LogP contribution in [-0.4, -0.2) is 21.7 Å². The number of rotatable bonds is 10. The fourth-order valence-corrected chi connectivity index (χ4v) is 4.19. The molecule has 4 rings (SSSR count). The van der Waals surface area contributed by atoms with Gasteiger partial charge in [-0.25, -0.2) is 4.79 Å². The van der Waals surface area contributed by atoms with E-state index in [1.54, 1.807) is 6.08 Å². The van der Waals surface area contributed by atoms with Crippen LogP contribution in [0, 0.1) is 0 Å². The molecule has 0 fully saturated rings. The SMILES string of the molecule is C=Cc1ccc(Cn2c(C(=O)O)c(CNCc3ccc(OC(C)C)cc3)c3ccccc32)cc1. The maximum absolute atomic E-state index is 12.4. The maximum atomic E-state index is 12.4. The molecule has 174 valence electrons. The summed E-state index contributed by atoms with van der Waals surface area (Å²) < 4.78 is 7.60. The van der Waals surface area contributed by atoms with Crippen LogP contribution < -0.4 is 10.1 Å². The van der Waals surface area contributed by atoms with Crippen molar-refractivity contribution in [1.29, 1.82) is 0 Å². The van der Waals surface area contributed by atoms with Crippen molar-refractivity contribution < 1.29 is 14.6 Å². The molecule has 0 unspecified atom stereocenters. The van der Waals surface area contributed by atoms with E-state index in [9.17, 15) is 9.90 Å². The second-order valence-corrected chi connectivity index (χ2v) is 8.60. The Balaban J connectivity index is 1.58. The average molecular weight is 455 g/mol. The van der Waals surface area contributed by atoms with Crippen molar-refractivity contribution in [2.75, 3.05) is 0 Å². The maximum Gasteiger partial charge on any atom is 0.352 e. The van der Waals surface area contributed by atoms with E-state index in [0.717, 1.165) is 38.9 Å². The minimum atomic E-state index is -0.925. The quantitative estimate of drug-likeness (QED) is 0.304. The highest BCUT2D eigenvalue weighted by molar-refractivity contribution is 5.98. The Hall–Kier alpha value is -3.83. The van der Waals surface area contributed by atoms with Crippen LogP contribution in [0.5, 0.6) is 5.75 Å². The Morgan fingerprint density at radius 1 is 1.00 bits per heavy atom. The van der Waals surface area contributed by atoms with Crippen LogP contribution in [0.4, 0.5) is 0 Å². The Bertz CT molecular complexity index is 1290. The van der Waals surface area contributed by atoms with Gasteiger partial charge in [0.15, 0.2) is 0 Å². The molecular weight excluding hydrogens is 424 g/mol. The van der Waals surface area contributed by atoms with Crippen molar-refractivity contribution in [2.45, 2.75) is 39.6 Å². The van der Waals surface area contributed by atoms with Crippen LogP contribution in [0.1, 0.15) is 46.6 Å². The van der Waals surface area contributed by atoms with Gasteiger partial charge in [0.25, 0.3) is 0 Å². The van der Waals surface area contributed by atoms with E-state index >= 15 is 0 Å². The van der Waals surface area contributed by atoms with Crippen molar-refractivity contribution in [3.63, 3.8) is 0 Å². The minimum Gasteiger partial charge on any atom is -0.491 e. The topological polar surface area (TPSA) is 63.5 Å². The molecule has 0 aliphatic rings. The predicted octanol–water partition coefficient (Wildman–Crippen LogP) is 6.11. The number of aromatic nitrogens is 1. The molecule has 0 atom stereocenters. The molecule has 2 N–H and O–H groups in total. The molecular formula is C29H30N2O3. The predicted molar refractivity (Wildman–Crippen MR) is 137 cm³/mol. The minimum absolute atomic E-state index is 0.135. The van der Waals surface area contributed by atoms with Gasteiger partial charge in [-0.1, -0.05) is 67.3 Å². The largest absolute Gasteiger partial charge is 0.491 e. The number of benzene rings is 3. The van der Waals surface area contributed by atoms with Gasteiger partial charge in [-0.3, -0.25) is 0 Å². The molecule has 0 amide bonds. The average Bonchev–Trinajstić information content (AvgIpc) is 3.14. The summed E-state index contributed by atoms with van der Waals surface area (Å²) in [5.74, 6) is -0.0815. The molecule has 0 aliphatic carbocycles. The number of nitrogens with zero attached hydrogens (tertiary/aromatic N) is 1. The number of fused-ring (bicyclic) bond motifs is 1. The highest BCUT2D eigenvalue weighted by atomic mass is 16.5. The van der Waals surface area contributed by atoms with Crippen molar-refractivity contribution in [3.05, 3.63) is 107 Å². The van der Waals surface area contributed by atoms with E-state index in [4.69, 9.17) is 4.74 Å². The van der Waals surface area contributed by atoms with Gasteiger partial charge < -0.3 is 19.7 Å². The van der Waals surface area contributed by atoms with Gasteiger partial charge in [0.05, 0.1) is 6.10 Å². The molecule has 4 aromatic rings. The fraction of sp³-hybridized carbons (Fsp3) is 0.207. The lowest BCUT2D eigenvalue weighted by atomic mass is 10.1. The van der Waals surface area contributed by atoms with Crippen molar-refractivity contribution in [2.24, 2.45) is 0 Å². The summed E-state index contributed by atoms with van der Waals surface area (Å²) in [5.41, 5.74) is 5.22. The van der Waals surface area contributed by atoms with Gasteiger partial charge in [-0.2, -0.15) is 0 Å². The molecule has 0 saturated carbocycles. The Kier molecular flexibility index (Phi) is 7.14. The second kappa shape index (κ2) is 10.4. The van der Waals surface area contributed by atoms with Gasteiger partial charge in [0.2, 0.25) is 0 Å². The summed E-state index contributed by atoms with van der Waals surface area (Å²) >= 11 is 0. The molecule has 1 aromatic heterocycles. The van der Waals surface area contributed by atoms with Gasteiger partial charge in [0, 0.05) is 36.1 Å². The van der Waals surface area contributed by atoms with Gasteiger partial charge in [-0.05, 0) is 48.7 Å². The highest BCUT2D eigenvalue weighted by Crippen LogP contribution is 2.28. The fourth-order valence-electron chi connectivity index (χ4n) is 4.19. The smallest absolute Gasteiger partial charge is 0.352 e. The normalized spacial score (nSPS) is 11.1. The molecule has 0 bridgehead atoms. The first-order chi connectivity index (χ1) is 16.5. The van der Waals surface area contributed by atoms with Crippen LogP contribution in [0.15, 0.2) is 79.4 Å². The van der Waals surface area contributed by atoms with Crippen molar-refractivity contribution >= 4 is 22.9 Å². The zero-order valence-corrected chi connectivity index (χ0v) is 19.6. The third kappa shape index (κ3) is 5.21. The van der Waals surface area contributed by atoms with Crippen LogP contribution in [0.2, 0.25) is 0 Å². The number of carboxylic acid groups (broad SMARTS) is 1. The second-order valence-electron chi connectivity index (χ2n) is 8.60. The molecule has 0 spiro atoms. The Morgan fingerprint density at radius 2 is 1.68 bits per heavy atom. The zero-order chi connectivity index (χ0) is 24.1. The number of ether oxygens (including phenoxy) is 1. The van der Waals surface area contributed by atoms with Gasteiger partial charge in [0.1, 0.15) is 11.4 Å².